The van der Waals surface area contributed by atoms with Gasteiger partial charge in [0.05, 0.1) is 12.2 Å². The first-order valence-corrected chi connectivity index (χ1v) is 7.91. The van der Waals surface area contributed by atoms with Gasteiger partial charge in [-0.05, 0) is 50.5 Å². The molecule has 3 nitrogen and oxygen atoms in total. The molecule has 3 fully saturated rings. The van der Waals surface area contributed by atoms with Crippen LogP contribution in [0.5, 0.6) is 0 Å². The van der Waals surface area contributed by atoms with Gasteiger partial charge in [-0.3, -0.25) is 0 Å². The summed E-state index contributed by atoms with van der Waals surface area (Å²) in [5, 5.41) is 3.43. The van der Waals surface area contributed by atoms with Gasteiger partial charge in [0, 0.05) is 12.6 Å². The monoisotopic (exact) mass is 252 g/mol. The molecule has 1 saturated heterocycles. The summed E-state index contributed by atoms with van der Waals surface area (Å²) in [7, 11) is 0. The predicted octanol–water partition coefficient (Wildman–Crippen LogP) is 2.05. The van der Waals surface area contributed by atoms with Crippen molar-refractivity contribution < 1.29 is 4.74 Å². The molecule has 3 heteroatoms. The molecule has 2 aliphatic carbocycles. The fraction of sp³-hybridized carbons (Fsp3) is 1.00. The number of nitrogens with two attached hydrogens (primary N) is 1. The van der Waals surface area contributed by atoms with Crippen LogP contribution in [0.2, 0.25) is 0 Å². The van der Waals surface area contributed by atoms with Gasteiger partial charge in [-0.25, -0.2) is 0 Å². The summed E-state index contributed by atoms with van der Waals surface area (Å²) in [6, 6.07) is 0.188. The lowest BCUT2D eigenvalue weighted by molar-refractivity contribution is -0.128. The summed E-state index contributed by atoms with van der Waals surface area (Å²) in [4.78, 5) is 0. The Hall–Kier alpha value is -0.120. The smallest absolute Gasteiger partial charge is 0.0885 e. The van der Waals surface area contributed by atoms with Gasteiger partial charge in [0.1, 0.15) is 0 Å². The Morgan fingerprint density at radius 2 is 1.89 bits per heavy atom. The van der Waals surface area contributed by atoms with E-state index in [-0.39, 0.29) is 11.6 Å². The molecule has 1 heterocycles. The molecule has 2 unspecified atom stereocenters. The van der Waals surface area contributed by atoms with Crippen LogP contribution in [0.1, 0.15) is 51.4 Å². The Labute approximate surface area is 111 Å². The highest BCUT2D eigenvalue weighted by Gasteiger charge is 2.47. The fourth-order valence-electron chi connectivity index (χ4n) is 3.85. The first-order chi connectivity index (χ1) is 8.81. The van der Waals surface area contributed by atoms with Crippen LogP contribution in [-0.2, 0) is 4.74 Å². The van der Waals surface area contributed by atoms with E-state index in [0.717, 1.165) is 32.0 Å². The van der Waals surface area contributed by atoms with Crippen LogP contribution >= 0.6 is 0 Å². The van der Waals surface area contributed by atoms with E-state index in [4.69, 9.17) is 10.5 Å². The van der Waals surface area contributed by atoms with E-state index in [9.17, 15) is 0 Å². The normalized spacial score (nSPS) is 38.8. The maximum absolute atomic E-state index is 6.48. The van der Waals surface area contributed by atoms with E-state index in [1.807, 2.05) is 0 Å². The molecule has 104 valence electrons. The fourth-order valence-corrected chi connectivity index (χ4v) is 3.85. The number of rotatable bonds is 4. The molecule has 3 aliphatic rings. The maximum atomic E-state index is 6.48. The van der Waals surface area contributed by atoms with Crippen molar-refractivity contribution in [2.45, 2.75) is 63.0 Å². The topological polar surface area (TPSA) is 47.3 Å². The Balaban J connectivity index is 1.71. The molecule has 2 saturated carbocycles. The molecular weight excluding hydrogens is 224 g/mol. The third kappa shape index (κ3) is 2.59. The van der Waals surface area contributed by atoms with E-state index in [0.29, 0.717) is 5.92 Å². The quantitative estimate of drug-likeness (QED) is 0.805. The van der Waals surface area contributed by atoms with E-state index < -0.39 is 0 Å². The minimum atomic E-state index is -0.00569. The van der Waals surface area contributed by atoms with Crippen molar-refractivity contribution in [2.24, 2.45) is 17.6 Å². The van der Waals surface area contributed by atoms with Crippen molar-refractivity contribution in [1.29, 1.82) is 0 Å². The minimum absolute atomic E-state index is 0.00569. The molecule has 0 radical (unpaired) electrons. The molecule has 3 rings (SSSR count). The molecule has 18 heavy (non-hydrogen) atoms. The van der Waals surface area contributed by atoms with E-state index in [2.05, 4.69) is 5.32 Å². The predicted molar refractivity (Wildman–Crippen MR) is 73.4 cm³/mol. The van der Waals surface area contributed by atoms with Gasteiger partial charge in [0.15, 0.2) is 0 Å². The van der Waals surface area contributed by atoms with Gasteiger partial charge < -0.3 is 15.8 Å². The summed E-state index contributed by atoms with van der Waals surface area (Å²) < 4.78 is 6.48. The summed E-state index contributed by atoms with van der Waals surface area (Å²) in [6.45, 7) is 2.97. The van der Waals surface area contributed by atoms with Crippen molar-refractivity contribution in [3.63, 3.8) is 0 Å². The van der Waals surface area contributed by atoms with E-state index >= 15 is 0 Å². The number of hydrogen-bond donors (Lipinski definition) is 2. The molecule has 0 aromatic heterocycles. The van der Waals surface area contributed by atoms with Crippen LogP contribution in [-0.4, -0.2) is 31.3 Å². The van der Waals surface area contributed by atoms with Gasteiger partial charge in [-0.15, -0.1) is 0 Å². The third-order valence-corrected chi connectivity index (χ3v) is 5.27. The Morgan fingerprint density at radius 3 is 2.56 bits per heavy atom. The Morgan fingerprint density at radius 1 is 1.11 bits per heavy atom. The van der Waals surface area contributed by atoms with Crippen LogP contribution in [0.25, 0.3) is 0 Å². The molecule has 2 atom stereocenters. The highest BCUT2D eigenvalue weighted by molar-refractivity contribution is 5.02. The van der Waals surface area contributed by atoms with Gasteiger partial charge in [0.2, 0.25) is 0 Å². The number of piperidine rings is 1. The van der Waals surface area contributed by atoms with Gasteiger partial charge in [-0.1, -0.05) is 19.3 Å². The van der Waals surface area contributed by atoms with Crippen LogP contribution in [0.4, 0.5) is 0 Å². The molecule has 0 amide bonds. The lowest BCUT2D eigenvalue weighted by Crippen LogP contribution is -2.63. The maximum Gasteiger partial charge on any atom is 0.0885 e. The first-order valence-electron chi connectivity index (χ1n) is 7.91. The number of hydrogen-bond acceptors (Lipinski definition) is 3. The second-order valence-corrected chi connectivity index (χ2v) is 6.60. The summed E-state index contributed by atoms with van der Waals surface area (Å²) >= 11 is 0. The van der Waals surface area contributed by atoms with Crippen molar-refractivity contribution in [3.05, 3.63) is 0 Å². The summed E-state index contributed by atoms with van der Waals surface area (Å²) in [5.74, 6) is 1.55. The minimum Gasteiger partial charge on any atom is -0.373 e. The second-order valence-electron chi connectivity index (χ2n) is 6.60. The van der Waals surface area contributed by atoms with Crippen molar-refractivity contribution in [2.75, 3.05) is 19.7 Å². The largest absolute Gasteiger partial charge is 0.373 e. The van der Waals surface area contributed by atoms with Crippen molar-refractivity contribution >= 4 is 0 Å². The standard InChI is InChI=1S/C15H28N2O/c16-14-10-17-9-8-15(14,18-11-12-6-7-12)13-4-2-1-3-5-13/h12-14,17H,1-11,16H2. The molecule has 0 aromatic rings. The number of ether oxygens (including phenoxy) is 1. The van der Waals surface area contributed by atoms with Crippen LogP contribution < -0.4 is 11.1 Å². The first kappa shape index (κ1) is 12.9. The lowest BCUT2D eigenvalue weighted by atomic mass is 9.70. The zero-order valence-corrected chi connectivity index (χ0v) is 11.5. The molecule has 0 spiro atoms. The van der Waals surface area contributed by atoms with Crippen LogP contribution in [0.15, 0.2) is 0 Å². The molecule has 3 N–H and O–H groups in total. The molecule has 1 aliphatic heterocycles. The molecule has 0 aromatic carbocycles. The van der Waals surface area contributed by atoms with E-state index in [1.54, 1.807) is 0 Å². The Kier molecular flexibility index (Phi) is 3.92. The highest BCUT2D eigenvalue weighted by Crippen LogP contribution is 2.42. The third-order valence-electron chi connectivity index (χ3n) is 5.27. The average Bonchev–Trinajstić information content (AvgIpc) is 3.23. The zero-order chi connectivity index (χ0) is 12.4. The second kappa shape index (κ2) is 5.48. The van der Waals surface area contributed by atoms with Gasteiger partial charge in [0.25, 0.3) is 0 Å². The van der Waals surface area contributed by atoms with Crippen molar-refractivity contribution in [3.8, 4) is 0 Å². The molecular formula is C15H28N2O. The summed E-state index contributed by atoms with van der Waals surface area (Å²) in [6.07, 6.45) is 10.7. The van der Waals surface area contributed by atoms with Crippen molar-refractivity contribution in [1.82, 2.24) is 5.32 Å². The van der Waals surface area contributed by atoms with Crippen LogP contribution in [0, 0.1) is 11.8 Å². The summed E-state index contributed by atoms with van der Waals surface area (Å²) in [5.41, 5.74) is 6.46. The van der Waals surface area contributed by atoms with E-state index in [1.165, 1.54) is 44.9 Å². The van der Waals surface area contributed by atoms with Crippen LogP contribution in [0.3, 0.4) is 0 Å². The molecule has 0 bridgehead atoms. The van der Waals surface area contributed by atoms with Gasteiger partial charge in [-0.2, -0.15) is 0 Å². The lowest BCUT2D eigenvalue weighted by Gasteiger charge is -2.49. The highest BCUT2D eigenvalue weighted by atomic mass is 16.5. The zero-order valence-electron chi connectivity index (χ0n) is 11.5. The average molecular weight is 252 g/mol. The Bertz CT molecular complexity index is 274. The SMILES string of the molecule is NC1CNCCC1(OCC1CC1)C1CCCCC1. The number of nitrogens with one attached hydrogen (secondary N) is 1. The van der Waals surface area contributed by atoms with Gasteiger partial charge >= 0.3 is 0 Å².